The summed E-state index contributed by atoms with van der Waals surface area (Å²) >= 11 is 0. The van der Waals surface area contributed by atoms with Crippen LogP contribution in [0.5, 0.6) is 0 Å². The van der Waals surface area contributed by atoms with Gasteiger partial charge in [-0.1, -0.05) is 30.3 Å². The topological polar surface area (TPSA) is 99.9 Å². The maximum Gasteiger partial charge on any atom is 0.303 e. The van der Waals surface area contributed by atoms with Crippen LogP contribution in [0.3, 0.4) is 0 Å². The van der Waals surface area contributed by atoms with Gasteiger partial charge < -0.3 is 19.7 Å². The molecule has 2 N–H and O–H groups in total. The van der Waals surface area contributed by atoms with Gasteiger partial charge in [0.25, 0.3) is 5.91 Å². The van der Waals surface area contributed by atoms with Gasteiger partial charge in [0.05, 0.1) is 6.26 Å². The van der Waals surface area contributed by atoms with E-state index in [0.717, 1.165) is 18.4 Å². The standard InChI is InChI=1S/C22H26N2O5/c25-20(26)11-10-17-8-4-12-24(15-17)22(28)18(14-16-6-2-1-3-7-16)23-21(27)19-9-5-13-29-19/h1-3,5-7,9,13,17-18H,4,8,10-12,14-15H2,(H,23,27)(H,25,26). The number of nitrogens with zero attached hydrogens (tertiary/aromatic N) is 1. The van der Waals surface area contributed by atoms with E-state index in [2.05, 4.69) is 5.32 Å². The number of aliphatic carboxylic acids is 1. The fourth-order valence-corrected chi connectivity index (χ4v) is 3.74. The zero-order valence-electron chi connectivity index (χ0n) is 16.3. The van der Waals surface area contributed by atoms with Crippen molar-refractivity contribution in [3.8, 4) is 0 Å². The zero-order chi connectivity index (χ0) is 20.6. The van der Waals surface area contributed by atoms with Crippen LogP contribution in [-0.4, -0.2) is 46.9 Å². The van der Waals surface area contributed by atoms with Crippen LogP contribution in [-0.2, 0) is 16.0 Å². The molecule has 7 heteroatoms. The van der Waals surface area contributed by atoms with Gasteiger partial charge in [-0.3, -0.25) is 14.4 Å². The first-order valence-electron chi connectivity index (χ1n) is 9.92. The Labute approximate surface area is 169 Å². The molecular weight excluding hydrogens is 372 g/mol. The Balaban J connectivity index is 1.70. The molecule has 0 spiro atoms. The summed E-state index contributed by atoms with van der Waals surface area (Å²) in [5.41, 5.74) is 0.949. The normalized spacial score (nSPS) is 17.5. The van der Waals surface area contributed by atoms with Crippen molar-refractivity contribution in [1.29, 1.82) is 0 Å². The molecule has 1 aromatic heterocycles. The predicted molar refractivity (Wildman–Crippen MR) is 106 cm³/mol. The van der Waals surface area contributed by atoms with Gasteiger partial charge in [-0.25, -0.2) is 0 Å². The van der Waals surface area contributed by atoms with Crippen molar-refractivity contribution in [3.63, 3.8) is 0 Å². The Hall–Kier alpha value is -3.09. The number of benzene rings is 1. The quantitative estimate of drug-likeness (QED) is 0.712. The first kappa shape index (κ1) is 20.6. The van der Waals surface area contributed by atoms with Crippen LogP contribution in [0.15, 0.2) is 53.1 Å². The number of carbonyl (C=O) groups is 3. The van der Waals surface area contributed by atoms with E-state index >= 15 is 0 Å². The lowest BCUT2D eigenvalue weighted by molar-refractivity contribution is -0.137. The van der Waals surface area contributed by atoms with Gasteiger partial charge >= 0.3 is 5.97 Å². The number of nitrogens with one attached hydrogen (secondary N) is 1. The maximum absolute atomic E-state index is 13.3. The number of hydrogen-bond acceptors (Lipinski definition) is 4. The molecule has 2 aromatic rings. The van der Waals surface area contributed by atoms with Crippen LogP contribution < -0.4 is 5.32 Å². The van der Waals surface area contributed by atoms with Crippen molar-refractivity contribution < 1.29 is 23.9 Å². The third-order valence-electron chi connectivity index (χ3n) is 5.23. The predicted octanol–water partition coefficient (Wildman–Crippen LogP) is 2.72. The van der Waals surface area contributed by atoms with E-state index in [4.69, 9.17) is 9.52 Å². The highest BCUT2D eigenvalue weighted by atomic mass is 16.4. The van der Waals surface area contributed by atoms with Crippen LogP contribution >= 0.6 is 0 Å². The molecule has 29 heavy (non-hydrogen) atoms. The Morgan fingerprint density at radius 1 is 1.17 bits per heavy atom. The third-order valence-corrected chi connectivity index (χ3v) is 5.23. The number of carboxylic acid groups (broad SMARTS) is 1. The fraction of sp³-hybridized carbons (Fsp3) is 0.409. The summed E-state index contributed by atoms with van der Waals surface area (Å²) in [6.45, 7) is 1.14. The van der Waals surface area contributed by atoms with Gasteiger partial charge in [0.1, 0.15) is 6.04 Å². The van der Waals surface area contributed by atoms with E-state index in [9.17, 15) is 14.4 Å². The molecule has 0 aliphatic carbocycles. The molecule has 0 saturated carbocycles. The lowest BCUT2D eigenvalue weighted by atomic mass is 9.92. The molecule has 1 aliphatic rings. The molecule has 2 unspecified atom stereocenters. The summed E-state index contributed by atoms with van der Waals surface area (Å²) in [6, 6.07) is 12.0. The largest absolute Gasteiger partial charge is 0.481 e. The average Bonchev–Trinajstić information content (AvgIpc) is 3.27. The van der Waals surface area contributed by atoms with Crippen molar-refractivity contribution in [3.05, 3.63) is 60.1 Å². The summed E-state index contributed by atoms with van der Waals surface area (Å²) in [5.74, 6) is -1.06. The first-order valence-corrected chi connectivity index (χ1v) is 9.92. The van der Waals surface area contributed by atoms with Crippen LogP contribution in [0, 0.1) is 5.92 Å². The summed E-state index contributed by atoms with van der Waals surface area (Å²) in [7, 11) is 0. The van der Waals surface area contributed by atoms with Crippen molar-refractivity contribution in [1.82, 2.24) is 10.2 Å². The monoisotopic (exact) mass is 398 g/mol. The molecule has 1 aromatic carbocycles. The lowest BCUT2D eigenvalue weighted by Crippen LogP contribution is -2.52. The number of amides is 2. The van der Waals surface area contributed by atoms with Gasteiger partial charge in [0, 0.05) is 25.9 Å². The molecular formula is C22H26N2O5. The maximum atomic E-state index is 13.3. The van der Waals surface area contributed by atoms with Crippen molar-refractivity contribution in [2.45, 2.75) is 38.1 Å². The Bertz CT molecular complexity index is 819. The number of carboxylic acids is 1. The van der Waals surface area contributed by atoms with Gasteiger partial charge in [0.2, 0.25) is 5.91 Å². The molecule has 3 rings (SSSR count). The van der Waals surface area contributed by atoms with Crippen LogP contribution in [0.25, 0.3) is 0 Å². The molecule has 7 nitrogen and oxygen atoms in total. The van der Waals surface area contributed by atoms with E-state index in [-0.39, 0.29) is 24.0 Å². The summed E-state index contributed by atoms with van der Waals surface area (Å²) in [5, 5.41) is 11.7. The summed E-state index contributed by atoms with van der Waals surface area (Å²) in [4.78, 5) is 38.4. The molecule has 154 valence electrons. The highest BCUT2D eigenvalue weighted by Crippen LogP contribution is 2.22. The number of furan rings is 1. The molecule has 0 bridgehead atoms. The molecule has 1 saturated heterocycles. The second kappa shape index (κ2) is 9.91. The SMILES string of the molecule is O=C(O)CCC1CCCN(C(=O)C(Cc2ccccc2)NC(=O)c2ccco2)C1. The van der Waals surface area contributed by atoms with Crippen molar-refractivity contribution in [2.24, 2.45) is 5.92 Å². The number of rotatable bonds is 8. The molecule has 2 atom stereocenters. The second-order valence-electron chi connectivity index (χ2n) is 7.42. The Morgan fingerprint density at radius 3 is 2.66 bits per heavy atom. The smallest absolute Gasteiger partial charge is 0.303 e. The number of hydrogen-bond donors (Lipinski definition) is 2. The average molecular weight is 398 g/mol. The van der Waals surface area contributed by atoms with E-state index in [1.807, 2.05) is 30.3 Å². The molecule has 2 heterocycles. The van der Waals surface area contributed by atoms with Crippen molar-refractivity contribution in [2.75, 3.05) is 13.1 Å². The van der Waals surface area contributed by atoms with Gasteiger partial charge in [0.15, 0.2) is 5.76 Å². The van der Waals surface area contributed by atoms with E-state index in [1.54, 1.807) is 17.0 Å². The van der Waals surface area contributed by atoms with Crippen LogP contribution in [0.1, 0.15) is 41.8 Å². The van der Waals surface area contributed by atoms with Crippen LogP contribution in [0.2, 0.25) is 0 Å². The fourth-order valence-electron chi connectivity index (χ4n) is 3.74. The van der Waals surface area contributed by atoms with Gasteiger partial charge in [-0.15, -0.1) is 0 Å². The highest BCUT2D eigenvalue weighted by Gasteiger charge is 2.31. The van der Waals surface area contributed by atoms with E-state index in [1.165, 1.54) is 6.26 Å². The third kappa shape index (κ3) is 5.94. The zero-order valence-corrected chi connectivity index (χ0v) is 16.3. The minimum absolute atomic E-state index is 0.107. The highest BCUT2D eigenvalue weighted by molar-refractivity contribution is 5.95. The second-order valence-corrected chi connectivity index (χ2v) is 7.42. The van der Waals surface area contributed by atoms with Gasteiger partial charge in [-0.2, -0.15) is 0 Å². The number of carbonyl (C=O) groups excluding carboxylic acids is 2. The lowest BCUT2D eigenvalue weighted by Gasteiger charge is -2.35. The van der Waals surface area contributed by atoms with E-state index in [0.29, 0.717) is 25.9 Å². The molecule has 2 amide bonds. The van der Waals surface area contributed by atoms with Crippen molar-refractivity contribution >= 4 is 17.8 Å². The van der Waals surface area contributed by atoms with Gasteiger partial charge in [-0.05, 0) is 42.9 Å². The first-order chi connectivity index (χ1) is 14.0. The summed E-state index contributed by atoms with van der Waals surface area (Å²) in [6.07, 6.45) is 4.21. The summed E-state index contributed by atoms with van der Waals surface area (Å²) < 4.78 is 5.15. The molecule has 1 aliphatic heterocycles. The van der Waals surface area contributed by atoms with E-state index < -0.39 is 17.9 Å². The minimum atomic E-state index is -0.818. The molecule has 1 fully saturated rings. The Kier molecular flexibility index (Phi) is 7.05. The Morgan fingerprint density at radius 2 is 1.97 bits per heavy atom. The minimum Gasteiger partial charge on any atom is -0.481 e. The van der Waals surface area contributed by atoms with Crippen LogP contribution in [0.4, 0.5) is 0 Å². The number of likely N-dealkylation sites (tertiary alicyclic amines) is 1. The molecule has 0 radical (unpaired) electrons. The number of piperidine rings is 1.